The van der Waals surface area contributed by atoms with E-state index in [-0.39, 0.29) is 11.8 Å². The Morgan fingerprint density at radius 1 is 1.20 bits per heavy atom. The van der Waals surface area contributed by atoms with Gasteiger partial charge in [-0.3, -0.25) is 0 Å². The molecule has 1 fully saturated rings. The predicted molar refractivity (Wildman–Crippen MR) is 81.8 cm³/mol. The summed E-state index contributed by atoms with van der Waals surface area (Å²) in [5.41, 5.74) is 1.99. The molecule has 1 aromatic rings. The summed E-state index contributed by atoms with van der Waals surface area (Å²) in [6.07, 6.45) is 3.51. The van der Waals surface area contributed by atoms with Crippen LogP contribution >= 0.6 is 0 Å². The molecule has 5 heteroatoms. The van der Waals surface area contributed by atoms with Crippen molar-refractivity contribution in [1.82, 2.24) is 10.0 Å². The van der Waals surface area contributed by atoms with Crippen molar-refractivity contribution < 1.29 is 8.42 Å². The van der Waals surface area contributed by atoms with E-state index in [2.05, 4.69) is 10.0 Å². The van der Waals surface area contributed by atoms with E-state index in [9.17, 15) is 8.42 Å². The van der Waals surface area contributed by atoms with Crippen LogP contribution < -0.4 is 10.0 Å². The molecule has 1 unspecified atom stereocenters. The molecule has 1 atom stereocenters. The highest BCUT2D eigenvalue weighted by atomic mass is 32.2. The van der Waals surface area contributed by atoms with Gasteiger partial charge in [0.05, 0.1) is 5.75 Å². The minimum absolute atomic E-state index is 0.0531. The average Bonchev–Trinajstić information content (AvgIpc) is 2.28. The van der Waals surface area contributed by atoms with Crippen molar-refractivity contribution >= 4 is 10.0 Å². The first-order valence-corrected chi connectivity index (χ1v) is 8.88. The Morgan fingerprint density at radius 2 is 1.80 bits per heavy atom. The molecule has 1 saturated carbocycles. The summed E-state index contributed by atoms with van der Waals surface area (Å²) in [4.78, 5) is 0. The van der Waals surface area contributed by atoms with Gasteiger partial charge in [0.15, 0.2) is 0 Å². The SMILES string of the molecule is CNCc1ccc(CS(=O)(=O)NC(C)C2CCC2)cc1. The van der Waals surface area contributed by atoms with Gasteiger partial charge in [-0.15, -0.1) is 0 Å². The fourth-order valence-electron chi connectivity index (χ4n) is 2.54. The van der Waals surface area contributed by atoms with Crippen molar-refractivity contribution in [3.05, 3.63) is 35.4 Å². The number of hydrogen-bond donors (Lipinski definition) is 2. The van der Waals surface area contributed by atoms with Crippen molar-refractivity contribution in [2.24, 2.45) is 5.92 Å². The average molecular weight is 296 g/mol. The van der Waals surface area contributed by atoms with Crippen molar-refractivity contribution in [3.8, 4) is 0 Å². The molecule has 4 nitrogen and oxygen atoms in total. The van der Waals surface area contributed by atoms with E-state index in [1.165, 1.54) is 6.42 Å². The molecule has 112 valence electrons. The van der Waals surface area contributed by atoms with Gasteiger partial charge in [0.25, 0.3) is 0 Å². The molecule has 0 radical (unpaired) electrons. The summed E-state index contributed by atoms with van der Waals surface area (Å²) in [6.45, 7) is 2.77. The van der Waals surface area contributed by atoms with E-state index in [1.807, 2.05) is 38.2 Å². The van der Waals surface area contributed by atoms with Gasteiger partial charge in [-0.2, -0.15) is 0 Å². The number of rotatable bonds is 7. The third kappa shape index (κ3) is 4.30. The van der Waals surface area contributed by atoms with Crippen LogP contribution in [-0.4, -0.2) is 21.5 Å². The van der Waals surface area contributed by atoms with Crippen LogP contribution in [0.25, 0.3) is 0 Å². The fourth-order valence-corrected chi connectivity index (χ4v) is 4.01. The highest BCUT2D eigenvalue weighted by molar-refractivity contribution is 7.88. The largest absolute Gasteiger partial charge is 0.316 e. The van der Waals surface area contributed by atoms with Gasteiger partial charge >= 0.3 is 0 Å². The maximum absolute atomic E-state index is 12.1. The van der Waals surface area contributed by atoms with Gasteiger partial charge < -0.3 is 5.32 Å². The first-order chi connectivity index (χ1) is 9.50. The standard InChI is InChI=1S/C15H24N2O2S/c1-12(15-4-3-5-15)17-20(18,19)11-14-8-6-13(7-9-14)10-16-2/h6-9,12,15-17H,3-5,10-11H2,1-2H3. The zero-order valence-corrected chi connectivity index (χ0v) is 13.0. The Hall–Kier alpha value is -0.910. The second kappa shape index (κ2) is 6.70. The van der Waals surface area contributed by atoms with Crippen molar-refractivity contribution in [1.29, 1.82) is 0 Å². The normalized spacial score (nSPS) is 17.7. The second-order valence-corrected chi connectivity index (χ2v) is 7.46. The third-order valence-electron chi connectivity index (χ3n) is 3.98. The maximum atomic E-state index is 12.1. The number of nitrogens with one attached hydrogen (secondary N) is 2. The highest BCUT2D eigenvalue weighted by Gasteiger charge is 2.27. The second-order valence-electron chi connectivity index (χ2n) is 5.70. The lowest BCUT2D eigenvalue weighted by Gasteiger charge is -2.31. The quantitative estimate of drug-likeness (QED) is 0.809. The monoisotopic (exact) mass is 296 g/mol. The molecule has 0 heterocycles. The predicted octanol–water partition coefficient (Wildman–Crippen LogP) is 2.01. The summed E-state index contributed by atoms with van der Waals surface area (Å²) in [5, 5.41) is 3.07. The molecule has 0 aromatic heterocycles. The molecule has 2 N–H and O–H groups in total. The van der Waals surface area contributed by atoms with E-state index in [0.29, 0.717) is 5.92 Å². The Bertz CT molecular complexity index is 521. The van der Waals surface area contributed by atoms with Crippen LogP contribution in [0, 0.1) is 5.92 Å². The third-order valence-corrected chi connectivity index (χ3v) is 5.43. The van der Waals surface area contributed by atoms with Gasteiger partial charge in [0.2, 0.25) is 10.0 Å². The summed E-state index contributed by atoms with van der Waals surface area (Å²) in [6, 6.07) is 7.77. The summed E-state index contributed by atoms with van der Waals surface area (Å²) in [5.74, 6) is 0.576. The lowest BCUT2D eigenvalue weighted by Crippen LogP contribution is -2.41. The summed E-state index contributed by atoms with van der Waals surface area (Å²) >= 11 is 0. The first-order valence-electron chi connectivity index (χ1n) is 7.22. The number of sulfonamides is 1. The maximum Gasteiger partial charge on any atom is 0.216 e. The zero-order chi connectivity index (χ0) is 14.6. The molecular weight excluding hydrogens is 272 g/mol. The molecule has 1 aliphatic rings. The fraction of sp³-hybridized carbons (Fsp3) is 0.600. The minimum atomic E-state index is -3.25. The van der Waals surface area contributed by atoms with Crippen molar-refractivity contribution in [2.75, 3.05) is 7.05 Å². The van der Waals surface area contributed by atoms with Crippen LogP contribution in [0.5, 0.6) is 0 Å². The summed E-state index contributed by atoms with van der Waals surface area (Å²) in [7, 11) is -1.35. The lowest BCUT2D eigenvalue weighted by molar-refractivity contribution is 0.260. The van der Waals surface area contributed by atoms with E-state index >= 15 is 0 Å². The Labute approximate surface area is 122 Å². The number of benzene rings is 1. The van der Waals surface area contributed by atoms with Crippen molar-refractivity contribution in [3.63, 3.8) is 0 Å². The van der Waals surface area contributed by atoms with E-state index < -0.39 is 10.0 Å². The zero-order valence-electron chi connectivity index (χ0n) is 12.2. The van der Waals surface area contributed by atoms with E-state index in [0.717, 1.165) is 30.5 Å². The van der Waals surface area contributed by atoms with Crippen LogP contribution in [0.3, 0.4) is 0 Å². The van der Waals surface area contributed by atoms with Gasteiger partial charge in [0.1, 0.15) is 0 Å². The number of hydrogen-bond acceptors (Lipinski definition) is 3. The molecule has 20 heavy (non-hydrogen) atoms. The highest BCUT2D eigenvalue weighted by Crippen LogP contribution is 2.29. The van der Waals surface area contributed by atoms with Gasteiger partial charge in [-0.25, -0.2) is 13.1 Å². The summed E-state index contributed by atoms with van der Waals surface area (Å²) < 4.78 is 27.1. The molecule has 0 bridgehead atoms. The van der Waals surface area contributed by atoms with Gasteiger partial charge in [-0.05, 0) is 43.9 Å². The molecule has 2 rings (SSSR count). The molecule has 0 saturated heterocycles. The van der Waals surface area contributed by atoms with E-state index in [1.54, 1.807) is 0 Å². The van der Waals surface area contributed by atoms with Gasteiger partial charge in [0, 0.05) is 12.6 Å². The first kappa shape index (κ1) is 15.5. The van der Waals surface area contributed by atoms with Crippen LogP contribution in [0.4, 0.5) is 0 Å². The molecule has 1 aromatic carbocycles. The molecule has 0 spiro atoms. The lowest BCUT2D eigenvalue weighted by atomic mass is 9.81. The van der Waals surface area contributed by atoms with Gasteiger partial charge in [-0.1, -0.05) is 30.7 Å². The molecular formula is C15H24N2O2S. The van der Waals surface area contributed by atoms with Crippen molar-refractivity contribution in [2.45, 2.75) is 44.5 Å². The Kier molecular flexibility index (Phi) is 5.18. The topological polar surface area (TPSA) is 58.2 Å². The Morgan fingerprint density at radius 3 is 2.30 bits per heavy atom. The Balaban J connectivity index is 1.93. The van der Waals surface area contributed by atoms with Crippen LogP contribution in [0.2, 0.25) is 0 Å². The molecule has 1 aliphatic carbocycles. The molecule has 0 aliphatic heterocycles. The van der Waals surface area contributed by atoms with Crippen LogP contribution in [0.1, 0.15) is 37.3 Å². The smallest absolute Gasteiger partial charge is 0.216 e. The van der Waals surface area contributed by atoms with E-state index in [4.69, 9.17) is 0 Å². The van der Waals surface area contributed by atoms with Crippen LogP contribution in [0.15, 0.2) is 24.3 Å². The minimum Gasteiger partial charge on any atom is -0.316 e. The van der Waals surface area contributed by atoms with Crippen LogP contribution in [-0.2, 0) is 22.3 Å². The molecule has 0 amide bonds.